The first-order chi connectivity index (χ1) is 10.2. The highest BCUT2D eigenvalue weighted by Crippen LogP contribution is 2.29. The van der Waals surface area contributed by atoms with Crippen molar-refractivity contribution in [3.63, 3.8) is 0 Å². The molecule has 7 heteroatoms. The molecule has 1 heterocycles. The van der Waals surface area contributed by atoms with Crippen molar-refractivity contribution in [3.05, 3.63) is 36.0 Å². The summed E-state index contributed by atoms with van der Waals surface area (Å²) in [5.41, 5.74) is 0.806. The van der Waals surface area contributed by atoms with E-state index in [4.69, 9.17) is 9.47 Å². The molecule has 2 N–H and O–H groups in total. The van der Waals surface area contributed by atoms with Gasteiger partial charge in [0.2, 0.25) is 0 Å². The number of methoxy groups -OCH3 is 2. The van der Waals surface area contributed by atoms with Crippen LogP contribution in [0.1, 0.15) is 10.5 Å². The summed E-state index contributed by atoms with van der Waals surface area (Å²) >= 11 is 0. The van der Waals surface area contributed by atoms with Crippen molar-refractivity contribution in [1.82, 2.24) is 10.2 Å². The van der Waals surface area contributed by atoms with Crippen molar-refractivity contribution in [2.45, 2.75) is 0 Å². The quantitative estimate of drug-likeness (QED) is 0.872. The fraction of sp³-hybridized carbons (Fsp3) is 0.214. The Morgan fingerprint density at radius 3 is 2.38 bits per heavy atom. The molecule has 0 aliphatic carbocycles. The van der Waals surface area contributed by atoms with E-state index in [2.05, 4.69) is 20.8 Å². The lowest BCUT2D eigenvalue weighted by atomic mass is 10.2. The van der Waals surface area contributed by atoms with Gasteiger partial charge in [0.15, 0.2) is 17.2 Å². The zero-order valence-electron chi connectivity index (χ0n) is 12.0. The first-order valence-electron chi connectivity index (χ1n) is 6.22. The molecule has 0 unspecified atom stereocenters. The maximum atomic E-state index is 12.1. The van der Waals surface area contributed by atoms with Gasteiger partial charge in [-0.15, -0.1) is 10.2 Å². The number of nitrogens with zero attached hydrogens (tertiary/aromatic N) is 2. The largest absolute Gasteiger partial charge is 0.493 e. The normalized spacial score (nSPS) is 9.86. The predicted molar refractivity (Wildman–Crippen MR) is 79.1 cm³/mol. The molecular weight excluding hydrogens is 272 g/mol. The number of nitrogens with one attached hydrogen (secondary N) is 2. The molecule has 0 atom stereocenters. The third-order valence-corrected chi connectivity index (χ3v) is 2.79. The van der Waals surface area contributed by atoms with Crippen molar-refractivity contribution in [2.24, 2.45) is 0 Å². The summed E-state index contributed by atoms with van der Waals surface area (Å²) in [4.78, 5) is 12.1. The Morgan fingerprint density at radius 2 is 1.81 bits per heavy atom. The lowest BCUT2D eigenvalue weighted by Gasteiger charge is -2.10. The van der Waals surface area contributed by atoms with Crippen LogP contribution in [0.4, 0.5) is 11.5 Å². The smallest absolute Gasteiger partial charge is 0.276 e. The summed E-state index contributed by atoms with van der Waals surface area (Å²) in [7, 11) is 4.81. The number of hydrogen-bond donors (Lipinski definition) is 2. The van der Waals surface area contributed by atoms with Gasteiger partial charge in [-0.1, -0.05) is 0 Å². The van der Waals surface area contributed by atoms with Gasteiger partial charge in [0.1, 0.15) is 5.82 Å². The van der Waals surface area contributed by atoms with Crippen LogP contribution in [0.15, 0.2) is 30.3 Å². The summed E-state index contributed by atoms with van der Waals surface area (Å²) < 4.78 is 10.3. The van der Waals surface area contributed by atoms with Crippen LogP contribution in [0.25, 0.3) is 0 Å². The number of amides is 1. The van der Waals surface area contributed by atoms with Crippen LogP contribution in [0.5, 0.6) is 11.5 Å². The second-order valence-corrected chi connectivity index (χ2v) is 4.08. The highest BCUT2D eigenvalue weighted by molar-refractivity contribution is 6.02. The van der Waals surface area contributed by atoms with Gasteiger partial charge in [0.25, 0.3) is 5.91 Å². The third-order valence-electron chi connectivity index (χ3n) is 2.79. The number of hydrogen-bond acceptors (Lipinski definition) is 6. The van der Waals surface area contributed by atoms with Crippen LogP contribution < -0.4 is 20.1 Å². The molecule has 1 amide bonds. The molecule has 0 aliphatic rings. The molecule has 0 saturated heterocycles. The molecule has 0 aliphatic heterocycles. The van der Waals surface area contributed by atoms with Gasteiger partial charge in [-0.3, -0.25) is 4.79 Å². The number of carbonyl (C=O) groups excluding carboxylic acids is 1. The number of anilines is 2. The molecule has 0 bridgehead atoms. The summed E-state index contributed by atoms with van der Waals surface area (Å²) in [5, 5.41) is 13.3. The molecule has 0 spiro atoms. The maximum absolute atomic E-state index is 12.1. The topological polar surface area (TPSA) is 85.4 Å². The molecule has 1 aromatic heterocycles. The minimum absolute atomic E-state index is 0.226. The van der Waals surface area contributed by atoms with Crippen molar-refractivity contribution < 1.29 is 14.3 Å². The molecule has 1 aromatic carbocycles. The third kappa shape index (κ3) is 3.38. The molecule has 0 saturated carbocycles. The van der Waals surface area contributed by atoms with E-state index < -0.39 is 0 Å². The first-order valence-corrected chi connectivity index (χ1v) is 6.22. The standard InChI is InChI=1S/C14H16N4O3/c1-15-13-7-5-10(17-18-13)14(19)16-9-4-6-11(20-2)12(8-9)21-3/h4-8H,1-3H3,(H,15,18)(H,16,19). The Labute approximate surface area is 122 Å². The summed E-state index contributed by atoms with van der Waals surface area (Å²) in [6, 6.07) is 8.37. The van der Waals surface area contributed by atoms with Crippen molar-refractivity contribution in [1.29, 1.82) is 0 Å². The number of carbonyl (C=O) groups is 1. The van der Waals surface area contributed by atoms with Gasteiger partial charge in [-0.2, -0.15) is 0 Å². The minimum atomic E-state index is -0.350. The lowest BCUT2D eigenvalue weighted by Crippen LogP contribution is -2.14. The molecule has 0 radical (unpaired) electrons. The Kier molecular flexibility index (Phi) is 4.55. The average molecular weight is 288 g/mol. The van der Waals surface area contributed by atoms with E-state index in [0.29, 0.717) is 23.0 Å². The monoisotopic (exact) mass is 288 g/mol. The molecule has 110 valence electrons. The molecule has 2 rings (SSSR count). The zero-order chi connectivity index (χ0) is 15.2. The van der Waals surface area contributed by atoms with E-state index in [1.54, 1.807) is 44.5 Å². The van der Waals surface area contributed by atoms with Crippen LogP contribution >= 0.6 is 0 Å². The number of rotatable bonds is 5. The highest BCUT2D eigenvalue weighted by atomic mass is 16.5. The van der Waals surface area contributed by atoms with Gasteiger partial charge < -0.3 is 20.1 Å². The van der Waals surface area contributed by atoms with E-state index in [0.717, 1.165) is 0 Å². The van der Waals surface area contributed by atoms with Crippen LogP contribution in [-0.4, -0.2) is 37.4 Å². The van der Waals surface area contributed by atoms with Crippen LogP contribution in [0.2, 0.25) is 0 Å². The summed E-state index contributed by atoms with van der Waals surface area (Å²) in [5.74, 6) is 1.37. The van der Waals surface area contributed by atoms with Crippen molar-refractivity contribution in [3.8, 4) is 11.5 Å². The fourth-order valence-electron chi connectivity index (χ4n) is 1.70. The van der Waals surface area contributed by atoms with Crippen LogP contribution in [0, 0.1) is 0 Å². The number of aromatic nitrogens is 2. The molecule has 7 nitrogen and oxygen atoms in total. The van der Waals surface area contributed by atoms with Crippen LogP contribution in [0.3, 0.4) is 0 Å². The molecular formula is C14H16N4O3. The van der Waals surface area contributed by atoms with E-state index in [9.17, 15) is 4.79 Å². The van der Waals surface area contributed by atoms with E-state index >= 15 is 0 Å². The van der Waals surface area contributed by atoms with Gasteiger partial charge in [0, 0.05) is 18.8 Å². The predicted octanol–water partition coefficient (Wildman–Crippen LogP) is 1.79. The second-order valence-electron chi connectivity index (χ2n) is 4.08. The van der Waals surface area contributed by atoms with Gasteiger partial charge in [-0.05, 0) is 24.3 Å². The SMILES string of the molecule is CNc1ccc(C(=O)Nc2ccc(OC)c(OC)c2)nn1. The maximum Gasteiger partial charge on any atom is 0.276 e. The van der Waals surface area contributed by atoms with Gasteiger partial charge >= 0.3 is 0 Å². The van der Waals surface area contributed by atoms with Crippen molar-refractivity contribution in [2.75, 3.05) is 31.9 Å². The van der Waals surface area contributed by atoms with E-state index in [-0.39, 0.29) is 11.6 Å². The minimum Gasteiger partial charge on any atom is -0.493 e. The first kappa shape index (κ1) is 14.6. The van der Waals surface area contributed by atoms with Crippen molar-refractivity contribution >= 4 is 17.4 Å². The summed E-state index contributed by atoms with van der Waals surface area (Å²) in [6.45, 7) is 0. The Bertz CT molecular complexity index is 629. The average Bonchev–Trinajstić information content (AvgIpc) is 2.54. The number of benzene rings is 1. The Hall–Kier alpha value is -2.83. The molecule has 2 aromatic rings. The fourth-order valence-corrected chi connectivity index (χ4v) is 1.70. The second kappa shape index (κ2) is 6.56. The highest BCUT2D eigenvalue weighted by Gasteiger charge is 2.10. The Balaban J connectivity index is 2.14. The Morgan fingerprint density at radius 1 is 1.05 bits per heavy atom. The lowest BCUT2D eigenvalue weighted by molar-refractivity contribution is 0.102. The molecule has 0 fully saturated rings. The van der Waals surface area contributed by atoms with Crippen LogP contribution in [-0.2, 0) is 0 Å². The van der Waals surface area contributed by atoms with E-state index in [1.807, 2.05) is 0 Å². The van der Waals surface area contributed by atoms with Gasteiger partial charge in [-0.25, -0.2) is 0 Å². The number of ether oxygens (including phenoxy) is 2. The van der Waals surface area contributed by atoms with Gasteiger partial charge in [0.05, 0.1) is 14.2 Å². The molecule has 21 heavy (non-hydrogen) atoms. The summed E-state index contributed by atoms with van der Waals surface area (Å²) in [6.07, 6.45) is 0. The zero-order valence-corrected chi connectivity index (χ0v) is 12.0. The van der Waals surface area contributed by atoms with E-state index in [1.165, 1.54) is 7.11 Å².